The van der Waals surface area contributed by atoms with Crippen LogP contribution in [0.2, 0.25) is 0 Å². The molecule has 0 atom stereocenters. The summed E-state index contributed by atoms with van der Waals surface area (Å²) in [5.74, 6) is 3.62. The van der Waals surface area contributed by atoms with E-state index in [2.05, 4.69) is 15.5 Å². The van der Waals surface area contributed by atoms with Gasteiger partial charge < -0.3 is 11.2 Å². The fraction of sp³-hybridized carbons (Fsp3) is 0.167. The average Bonchev–Trinajstić information content (AvgIpc) is 3.02. The molecule has 0 fully saturated rings. The Balaban J connectivity index is 1.64. The monoisotopic (exact) mass is 421 g/mol. The predicted molar refractivity (Wildman–Crippen MR) is 108 cm³/mol. The van der Waals surface area contributed by atoms with Gasteiger partial charge in [-0.2, -0.15) is 8.78 Å². The summed E-state index contributed by atoms with van der Waals surface area (Å²) in [6, 6.07) is 14.1. The molecule has 0 saturated carbocycles. The molecule has 0 bridgehead atoms. The normalized spacial score (nSPS) is 11.0. The SMILES string of the molecule is Cc1ccc(-c2nnc(SCC(=O)Nc3ccccc3SC(F)F)n2N)cc1. The number of nitrogens with one attached hydrogen (secondary N) is 1. The molecular weight excluding hydrogens is 404 g/mol. The number of hydrogen-bond donors (Lipinski definition) is 2. The number of halogens is 2. The third kappa shape index (κ3) is 5.02. The quantitative estimate of drug-likeness (QED) is 0.443. The Kier molecular flexibility index (Phi) is 6.53. The number of benzene rings is 2. The van der Waals surface area contributed by atoms with Crippen LogP contribution in [-0.2, 0) is 4.79 Å². The number of para-hydroxylation sites is 1. The lowest BCUT2D eigenvalue weighted by Gasteiger charge is -2.10. The molecular formula is C18H17F2N5OS2. The number of hydrogen-bond acceptors (Lipinski definition) is 6. The van der Waals surface area contributed by atoms with E-state index < -0.39 is 5.76 Å². The van der Waals surface area contributed by atoms with Gasteiger partial charge in [0.05, 0.1) is 11.4 Å². The van der Waals surface area contributed by atoms with Gasteiger partial charge in [-0.15, -0.1) is 10.2 Å². The van der Waals surface area contributed by atoms with Crippen molar-refractivity contribution < 1.29 is 13.6 Å². The van der Waals surface area contributed by atoms with Crippen molar-refractivity contribution in [3.05, 3.63) is 54.1 Å². The van der Waals surface area contributed by atoms with E-state index >= 15 is 0 Å². The van der Waals surface area contributed by atoms with Crippen LogP contribution in [0.4, 0.5) is 14.5 Å². The number of thioether (sulfide) groups is 2. The second kappa shape index (κ2) is 9.07. The van der Waals surface area contributed by atoms with Crippen molar-refractivity contribution in [3.63, 3.8) is 0 Å². The standard InChI is InChI=1S/C18H17F2N5OS2/c1-11-6-8-12(9-7-11)16-23-24-18(25(16)21)27-10-15(26)22-13-4-2-3-5-14(13)28-17(19)20/h2-9,17H,10,21H2,1H3,(H,22,26). The highest BCUT2D eigenvalue weighted by Gasteiger charge is 2.15. The van der Waals surface area contributed by atoms with Crippen molar-refractivity contribution in [1.82, 2.24) is 14.9 Å². The number of carbonyl (C=O) groups is 1. The van der Waals surface area contributed by atoms with Gasteiger partial charge in [-0.3, -0.25) is 4.79 Å². The van der Waals surface area contributed by atoms with Gasteiger partial charge in [0, 0.05) is 10.5 Å². The van der Waals surface area contributed by atoms with Crippen molar-refractivity contribution >= 4 is 35.1 Å². The molecule has 1 heterocycles. The van der Waals surface area contributed by atoms with Gasteiger partial charge >= 0.3 is 0 Å². The zero-order valence-electron chi connectivity index (χ0n) is 14.8. The number of carbonyl (C=O) groups excluding carboxylic acids is 1. The minimum atomic E-state index is -2.57. The van der Waals surface area contributed by atoms with Crippen LogP contribution < -0.4 is 11.2 Å². The Morgan fingerprint density at radius 3 is 2.61 bits per heavy atom. The van der Waals surface area contributed by atoms with E-state index in [0.29, 0.717) is 33.3 Å². The van der Waals surface area contributed by atoms with Crippen LogP contribution in [-0.4, -0.2) is 32.3 Å². The van der Waals surface area contributed by atoms with Crippen molar-refractivity contribution in [1.29, 1.82) is 0 Å². The summed E-state index contributed by atoms with van der Waals surface area (Å²) in [6.07, 6.45) is 0. The van der Waals surface area contributed by atoms with E-state index in [4.69, 9.17) is 5.84 Å². The van der Waals surface area contributed by atoms with Crippen LogP contribution in [0.25, 0.3) is 11.4 Å². The lowest BCUT2D eigenvalue weighted by molar-refractivity contribution is -0.113. The van der Waals surface area contributed by atoms with E-state index in [1.54, 1.807) is 18.2 Å². The predicted octanol–water partition coefficient (Wildman–Crippen LogP) is 4.01. The first-order chi connectivity index (χ1) is 13.4. The largest absolute Gasteiger partial charge is 0.335 e. The summed E-state index contributed by atoms with van der Waals surface area (Å²) in [7, 11) is 0. The fourth-order valence-corrected chi connectivity index (χ4v) is 3.61. The molecule has 1 aromatic heterocycles. The van der Waals surface area contributed by atoms with Crippen molar-refractivity contribution in [2.75, 3.05) is 16.9 Å². The van der Waals surface area contributed by atoms with E-state index in [1.807, 2.05) is 31.2 Å². The number of nitrogens with zero attached hydrogens (tertiary/aromatic N) is 3. The number of anilines is 1. The zero-order valence-corrected chi connectivity index (χ0v) is 16.4. The number of aryl methyl sites for hydroxylation is 1. The van der Waals surface area contributed by atoms with Crippen molar-refractivity contribution in [2.45, 2.75) is 22.7 Å². The van der Waals surface area contributed by atoms with Gasteiger partial charge in [0.25, 0.3) is 5.76 Å². The highest BCUT2D eigenvalue weighted by molar-refractivity contribution is 8.00. The summed E-state index contributed by atoms with van der Waals surface area (Å²) < 4.78 is 26.6. The minimum absolute atomic E-state index is 0.0108. The topological polar surface area (TPSA) is 85.8 Å². The Labute approximate surface area is 168 Å². The third-order valence-electron chi connectivity index (χ3n) is 3.68. The Bertz CT molecular complexity index is 963. The molecule has 10 heteroatoms. The van der Waals surface area contributed by atoms with Crippen LogP contribution >= 0.6 is 23.5 Å². The molecule has 0 radical (unpaired) electrons. The lowest BCUT2D eigenvalue weighted by Crippen LogP contribution is -2.17. The van der Waals surface area contributed by atoms with Crippen LogP contribution in [0.15, 0.2) is 58.6 Å². The number of nitrogens with two attached hydrogens (primary N) is 1. The Morgan fingerprint density at radius 1 is 1.18 bits per heavy atom. The molecule has 6 nitrogen and oxygen atoms in total. The maximum atomic E-state index is 12.6. The summed E-state index contributed by atoms with van der Waals surface area (Å²) in [5, 5.41) is 11.1. The van der Waals surface area contributed by atoms with E-state index in [1.165, 1.54) is 10.7 Å². The molecule has 3 aromatic rings. The molecule has 0 aliphatic carbocycles. The highest BCUT2D eigenvalue weighted by atomic mass is 32.2. The second-order valence-electron chi connectivity index (χ2n) is 5.75. The maximum absolute atomic E-state index is 12.6. The summed E-state index contributed by atoms with van der Waals surface area (Å²) in [5.41, 5.74) is 2.27. The first-order valence-electron chi connectivity index (χ1n) is 8.18. The van der Waals surface area contributed by atoms with Gasteiger partial charge in [-0.1, -0.05) is 65.5 Å². The van der Waals surface area contributed by atoms with Crippen molar-refractivity contribution in [2.24, 2.45) is 0 Å². The van der Waals surface area contributed by atoms with Crippen LogP contribution in [0.5, 0.6) is 0 Å². The van der Waals surface area contributed by atoms with Gasteiger partial charge in [0.1, 0.15) is 0 Å². The molecule has 0 spiro atoms. The van der Waals surface area contributed by atoms with E-state index in [9.17, 15) is 13.6 Å². The molecule has 0 aliphatic heterocycles. The first kappa shape index (κ1) is 20.2. The highest BCUT2D eigenvalue weighted by Crippen LogP contribution is 2.31. The fourth-order valence-electron chi connectivity index (χ4n) is 2.36. The number of alkyl halides is 2. The summed E-state index contributed by atoms with van der Waals surface area (Å²) in [6.45, 7) is 1.98. The lowest BCUT2D eigenvalue weighted by atomic mass is 10.1. The number of nitrogen functional groups attached to an aromatic ring is 1. The molecule has 1 amide bonds. The molecule has 3 rings (SSSR count). The minimum Gasteiger partial charge on any atom is -0.335 e. The van der Waals surface area contributed by atoms with Crippen LogP contribution in [0, 0.1) is 6.92 Å². The van der Waals surface area contributed by atoms with E-state index in [0.717, 1.165) is 22.9 Å². The van der Waals surface area contributed by atoms with Crippen molar-refractivity contribution in [3.8, 4) is 11.4 Å². The Morgan fingerprint density at radius 2 is 1.89 bits per heavy atom. The number of amides is 1. The van der Waals surface area contributed by atoms with Crippen LogP contribution in [0.3, 0.4) is 0 Å². The zero-order chi connectivity index (χ0) is 20.1. The molecule has 0 aliphatic rings. The average molecular weight is 421 g/mol. The first-order valence-corrected chi connectivity index (χ1v) is 10.0. The van der Waals surface area contributed by atoms with Gasteiger partial charge in [0.15, 0.2) is 5.82 Å². The second-order valence-corrected chi connectivity index (χ2v) is 7.73. The molecule has 2 aromatic carbocycles. The molecule has 146 valence electrons. The molecule has 3 N–H and O–H groups in total. The number of aromatic nitrogens is 3. The maximum Gasteiger partial charge on any atom is 0.288 e. The van der Waals surface area contributed by atoms with Gasteiger partial charge in [-0.05, 0) is 19.1 Å². The van der Waals surface area contributed by atoms with E-state index in [-0.39, 0.29) is 11.7 Å². The third-order valence-corrected chi connectivity index (χ3v) is 5.42. The van der Waals surface area contributed by atoms with Crippen LogP contribution in [0.1, 0.15) is 5.56 Å². The van der Waals surface area contributed by atoms with Gasteiger partial charge in [-0.25, -0.2) is 4.68 Å². The Hall–Kier alpha value is -2.59. The molecule has 28 heavy (non-hydrogen) atoms. The van der Waals surface area contributed by atoms with Gasteiger partial charge in [0.2, 0.25) is 11.1 Å². The summed E-state index contributed by atoms with van der Waals surface area (Å²) in [4.78, 5) is 12.5. The molecule has 0 unspecified atom stereocenters. The number of rotatable bonds is 7. The molecule has 0 saturated heterocycles. The smallest absolute Gasteiger partial charge is 0.288 e. The summed E-state index contributed by atoms with van der Waals surface area (Å²) >= 11 is 1.49.